The fourth-order valence-electron chi connectivity index (χ4n) is 0.578. The van der Waals surface area contributed by atoms with Crippen LogP contribution in [0.15, 0.2) is 12.2 Å². The number of aliphatic hydroxyl groups is 1. The highest BCUT2D eigenvalue weighted by Gasteiger charge is 2.23. The lowest BCUT2D eigenvalue weighted by molar-refractivity contribution is -0.124. The van der Waals surface area contributed by atoms with Gasteiger partial charge >= 0.3 is 9.25 Å². The molecule has 0 saturated carbocycles. The van der Waals surface area contributed by atoms with Crippen LogP contribution in [0.4, 0.5) is 0 Å². The summed E-state index contributed by atoms with van der Waals surface area (Å²) < 4.78 is 19.1. The van der Waals surface area contributed by atoms with E-state index in [1.54, 1.807) is 0 Å². The van der Waals surface area contributed by atoms with Crippen molar-refractivity contribution in [3.63, 3.8) is 0 Å². The first-order valence-corrected chi connectivity index (χ1v) is 5.20. The van der Waals surface area contributed by atoms with E-state index >= 15 is 0 Å². The second-order valence-electron chi connectivity index (χ2n) is 2.61. The van der Waals surface area contributed by atoms with Crippen molar-refractivity contribution in [2.75, 3.05) is 13.7 Å². The normalized spacial score (nSPS) is 17.1. The summed E-state index contributed by atoms with van der Waals surface area (Å²) in [6, 6.07) is 0. The van der Waals surface area contributed by atoms with Gasteiger partial charge in [0.2, 0.25) is 0 Å². The van der Waals surface area contributed by atoms with Crippen LogP contribution in [-0.4, -0.2) is 35.6 Å². The summed E-state index contributed by atoms with van der Waals surface area (Å²) in [6.07, 6.45) is -1.50. The van der Waals surface area contributed by atoms with E-state index in [1.165, 1.54) is 6.92 Å². The molecule has 0 saturated heterocycles. The van der Waals surface area contributed by atoms with Gasteiger partial charge in [0.15, 0.2) is 5.78 Å². The molecule has 0 fully saturated rings. The third kappa shape index (κ3) is 4.64. The van der Waals surface area contributed by atoms with Crippen molar-refractivity contribution >= 4 is 13.6 Å². The molecule has 0 aliphatic carbocycles. The quantitative estimate of drug-likeness (QED) is 0.501. The number of carbonyl (C=O) groups excluding carboxylic acids is 1. The molecule has 0 aromatic rings. The van der Waals surface area contributed by atoms with E-state index in [-0.39, 0.29) is 7.00 Å². The van der Waals surface area contributed by atoms with Crippen molar-refractivity contribution in [1.29, 1.82) is 0 Å². The fraction of sp³-hybridized carbons (Fsp3) is 0.571. The molecule has 7 heteroatoms. The van der Waals surface area contributed by atoms with E-state index in [9.17, 15) is 9.36 Å². The van der Waals surface area contributed by atoms with E-state index in [1.807, 2.05) is 0 Å². The van der Waals surface area contributed by atoms with Gasteiger partial charge in [-0.2, -0.15) is 0 Å². The van der Waals surface area contributed by atoms with E-state index < -0.39 is 26.3 Å². The minimum Gasteiger partial charge on any atom is -0.382 e. The summed E-state index contributed by atoms with van der Waals surface area (Å²) in [5.41, 5.74) is 0.145. The van der Waals surface area contributed by atoms with Crippen LogP contribution < -0.4 is 0 Å². The Bertz CT molecular complexity index is 279. The van der Waals surface area contributed by atoms with Crippen molar-refractivity contribution in [3.05, 3.63) is 12.2 Å². The van der Waals surface area contributed by atoms with Crippen LogP contribution in [0.5, 0.6) is 0 Å². The second kappa shape index (κ2) is 5.38. The molecule has 0 amide bonds. The maximum Gasteiger partial charge on any atom is 1.00 e. The number of hydrogen-bond acceptors (Lipinski definition) is 5. The van der Waals surface area contributed by atoms with Gasteiger partial charge in [-0.3, -0.25) is 13.8 Å². The minimum absolute atomic E-state index is 0. The van der Waals surface area contributed by atoms with Crippen molar-refractivity contribution in [2.24, 2.45) is 0 Å². The Kier molecular flexibility index (Phi) is 5.18. The number of aliphatic hydroxyl groups excluding tert-OH is 1. The standard InChI is InChI=1S/C7H13O6P/c1-5(2)7(9)6(8)4-13-14(10,11)12-3/h6,8H,1,4H2,2-3H3,(H,10,11)/p+1. The van der Waals surface area contributed by atoms with Gasteiger partial charge in [-0.1, -0.05) is 6.58 Å². The molecule has 2 N–H and O–H groups in total. The highest BCUT2D eigenvalue weighted by atomic mass is 31.2. The van der Waals surface area contributed by atoms with Crippen LogP contribution in [0.25, 0.3) is 0 Å². The molecule has 0 radical (unpaired) electrons. The zero-order valence-electron chi connectivity index (χ0n) is 8.97. The molecule has 6 nitrogen and oxygen atoms in total. The van der Waals surface area contributed by atoms with Gasteiger partial charge in [0.1, 0.15) is 6.10 Å². The Morgan fingerprint density at radius 1 is 1.71 bits per heavy atom. The largest absolute Gasteiger partial charge is 1.00 e. The minimum atomic E-state index is -4.14. The highest BCUT2D eigenvalue weighted by molar-refractivity contribution is 7.47. The van der Waals surface area contributed by atoms with E-state index in [0.29, 0.717) is 0 Å². The van der Waals surface area contributed by atoms with Crippen LogP contribution in [0.2, 0.25) is 0 Å². The molecule has 2 unspecified atom stereocenters. The monoisotopic (exact) mass is 225 g/mol. The molecule has 82 valence electrons. The number of rotatable bonds is 6. The first kappa shape index (κ1) is 13.5. The first-order chi connectivity index (χ1) is 6.30. The molecular formula is C7H14O6P+. The lowest BCUT2D eigenvalue weighted by atomic mass is 10.1. The second-order valence-corrected chi connectivity index (χ2v) is 4.17. The third-order valence-corrected chi connectivity index (χ3v) is 2.29. The Balaban J connectivity index is 0. The number of ketones is 1. The zero-order valence-corrected chi connectivity index (χ0v) is 8.86. The molecule has 0 spiro atoms. The van der Waals surface area contributed by atoms with Crippen molar-refractivity contribution in [3.8, 4) is 0 Å². The molecule has 0 aliphatic heterocycles. The Morgan fingerprint density at radius 2 is 2.21 bits per heavy atom. The summed E-state index contributed by atoms with van der Waals surface area (Å²) in [5, 5.41) is 9.12. The van der Waals surface area contributed by atoms with Gasteiger partial charge in [-0.05, 0) is 12.5 Å². The van der Waals surface area contributed by atoms with Crippen LogP contribution in [0.1, 0.15) is 8.35 Å². The number of Topliss-reactive ketones (excluding diaryl/α,β-unsaturated/α-hetero) is 1. The van der Waals surface area contributed by atoms with E-state index in [2.05, 4.69) is 15.6 Å². The SMILES string of the molecule is C=C(C)C(=O)C(O)COP(=O)(O)OC.[H+]. The molecule has 2 atom stereocenters. The summed E-state index contributed by atoms with van der Waals surface area (Å²) >= 11 is 0. The predicted molar refractivity (Wildman–Crippen MR) is 49.7 cm³/mol. The smallest absolute Gasteiger partial charge is 0.382 e. The summed E-state index contributed by atoms with van der Waals surface area (Å²) in [6.45, 7) is 4.13. The average Bonchev–Trinajstić information content (AvgIpc) is 2.13. The lowest BCUT2D eigenvalue weighted by Crippen LogP contribution is -2.25. The van der Waals surface area contributed by atoms with Crippen molar-refractivity contribution in [2.45, 2.75) is 13.0 Å². The molecule has 0 aliphatic rings. The van der Waals surface area contributed by atoms with Crippen molar-refractivity contribution in [1.82, 2.24) is 0 Å². The van der Waals surface area contributed by atoms with Gasteiger partial charge in [0.05, 0.1) is 6.61 Å². The predicted octanol–water partition coefficient (Wildman–Crippen LogP) is 0.368. The maximum atomic E-state index is 11.0. The van der Waals surface area contributed by atoms with E-state index in [4.69, 9.17) is 10.00 Å². The van der Waals surface area contributed by atoms with Crippen LogP contribution in [0.3, 0.4) is 0 Å². The molecule has 0 bridgehead atoms. The molecule has 0 aromatic carbocycles. The number of carbonyl (C=O) groups is 1. The fourth-order valence-corrected chi connectivity index (χ4v) is 1.01. The summed E-state index contributed by atoms with van der Waals surface area (Å²) in [4.78, 5) is 19.8. The molecule has 0 heterocycles. The molecular weight excluding hydrogens is 211 g/mol. The van der Waals surface area contributed by atoms with E-state index in [0.717, 1.165) is 7.11 Å². The number of hydrogen-bond donors (Lipinski definition) is 2. The van der Waals surface area contributed by atoms with Gasteiger partial charge in [-0.15, -0.1) is 0 Å². The average molecular weight is 225 g/mol. The van der Waals surface area contributed by atoms with Crippen LogP contribution in [0, 0.1) is 0 Å². The Hall–Kier alpha value is -0.520. The van der Waals surface area contributed by atoms with Gasteiger partial charge in [0, 0.05) is 7.11 Å². The number of phosphoric ester groups is 1. The molecule has 0 aromatic heterocycles. The Morgan fingerprint density at radius 3 is 2.57 bits per heavy atom. The first-order valence-electron chi connectivity index (χ1n) is 3.71. The van der Waals surface area contributed by atoms with Crippen LogP contribution >= 0.6 is 7.82 Å². The highest BCUT2D eigenvalue weighted by Crippen LogP contribution is 2.41. The topological polar surface area (TPSA) is 93.1 Å². The summed E-state index contributed by atoms with van der Waals surface area (Å²) in [7, 11) is -3.16. The third-order valence-electron chi connectivity index (χ3n) is 1.35. The van der Waals surface area contributed by atoms with Crippen LogP contribution in [-0.2, 0) is 18.4 Å². The molecule has 14 heavy (non-hydrogen) atoms. The van der Waals surface area contributed by atoms with Gasteiger partial charge < -0.3 is 10.00 Å². The molecule has 0 rings (SSSR count). The lowest BCUT2D eigenvalue weighted by Gasteiger charge is -2.12. The van der Waals surface area contributed by atoms with Crippen molar-refractivity contribution < 1.29 is 29.8 Å². The maximum absolute atomic E-state index is 11.0. The zero-order chi connectivity index (χ0) is 11.4. The Labute approximate surface area is 83.3 Å². The number of phosphoric acid groups is 1. The van der Waals surface area contributed by atoms with Gasteiger partial charge in [-0.25, -0.2) is 4.57 Å². The summed E-state index contributed by atoms with van der Waals surface area (Å²) in [5.74, 6) is -0.638. The van der Waals surface area contributed by atoms with Gasteiger partial charge in [0.25, 0.3) is 0 Å².